The topological polar surface area (TPSA) is 111 Å². The van der Waals surface area contributed by atoms with Gasteiger partial charge in [0.05, 0.1) is 12.5 Å². The van der Waals surface area contributed by atoms with E-state index in [1.54, 1.807) is 18.2 Å². The minimum Gasteiger partial charge on any atom is -0.481 e. The molecule has 0 aliphatic carbocycles. The van der Waals surface area contributed by atoms with E-state index in [9.17, 15) is 19.8 Å². The van der Waals surface area contributed by atoms with Gasteiger partial charge in [0.25, 0.3) is 0 Å². The SMILES string of the molecule is O=Cc1c[nH]c2cccc(C(O)C(O)CC(=O)O)c12. The Kier molecular flexibility index (Phi) is 3.64. The first-order chi connectivity index (χ1) is 9.04. The molecule has 2 atom stereocenters. The third-order valence-corrected chi connectivity index (χ3v) is 2.96. The summed E-state index contributed by atoms with van der Waals surface area (Å²) >= 11 is 0. The minimum atomic E-state index is -1.43. The average Bonchev–Trinajstić information content (AvgIpc) is 2.79. The molecule has 2 aromatic rings. The van der Waals surface area contributed by atoms with Crippen LogP contribution in [0.3, 0.4) is 0 Å². The first-order valence-corrected chi connectivity index (χ1v) is 5.67. The predicted octanol–water partition coefficient (Wildman–Crippen LogP) is 0.849. The van der Waals surface area contributed by atoms with Crippen molar-refractivity contribution in [1.29, 1.82) is 0 Å². The number of aromatic amines is 1. The Hall–Kier alpha value is -2.18. The molecule has 1 aromatic heterocycles. The largest absolute Gasteiger partial charge is 0.481 e. The number of aliphatic hydroxyl groups excluding tert-OH is 2. The summed E-state index contributed by atoms with van der Waals surface area (Å²) in [6, 6.07) is 4.93. The summed E-state index contributed by atoms with van der Waals surface area (Å²) in [4.78, 5) is 24.4. The van der Waals surface area contributed by atoms with Crippen molar-refractivity contribution in [1.82, 2.24) is 4.98 Å². The summed E-state index contributed by atoms with van der Waals surface area (Å²) < 4.78 is 0. The van der Waals surface area contributed by atoms with Crippen molar-refractivity contribution in [2.45, 2.75) is 18.6 Å². The fraction of sp³-hybridized carbons (Fsp3) is 0.231. The number of rotatable bonds is 5. The molecule has 0 saturated heterocycles. The molecule has 2 unspecified atom stereocenters. The smallest absolute Gasteiger partial charge is 0.306 e. The first-order valence-electron chi connectivity index (χ1n) is 5.67. The van der Waals surface area contributed by atoms with Crippen LogP contribution in [0.4, 0.5) is 0 Å². The van der Waals surface area contributed by atoms with Crippen LogP contribution >= 0.6 is 0 Å². The van der Waals surface area contributed by atoms with E-state index in [-0.39, 0.29) is 0 Å². The van der Waals surface area contributed by atoms with Crippen LogP contribution in [0.25, 0.3) is 10.9 Å². The number of hydrogen-bond donors (Lipinski definition) is 4. The van der Waals surface area contributed by atoms with Gasteiger partial charge < -0.3 is 20.3 Å². The summed E-state index contributed by atoms with van der Waals surface area (Å²) in [5, 5.41) is 28.8. The molecule has 100 valence electrons. The number of carbonyl (C=O) groups is 2. The van der Waals surface area contributed by atoms with Gasteiger partial charge >= 0.3 is 5.97 Å². The Morgan fingerprint density at radius 3 is 2.74 bits per heavy atom. The van der Waals surface area contributed by atoms with Gasteiger partial charge in [0.2, 0.25) is 0 Å². The molecular formula is C13H13NO5. The Labute approximate surface area is 108 Å². The number of benzene rings is 1. The Morgan fingerprint density at radius 1 is 1.37 bits per heavy atom. The van der Waals surface area contributed by atoms with Crippen LogP contribution in [0.1, 0.15) is 28.4 Å². The summed E-state index contributed by atoms with van der Waals surface area (Å²) in [5.74, 6) is -1.21. The second-order valence-corrected chi connectivity index (χ2v) is 4.24. The Balaban J connectivity index is 2.46. The maximum Gasteiger partial charge on any atom is 0.306 e. The number of H-pyrrole nitrogens is 1. The molecule has 0 amide bonds. The van der Waals surface area contributed by atoms with Crippen molar-refractivity contribution < 1.29 is 24.9 Å². The zero-order chi connectivity index (χ0) is 14.0. The third-order valence-electron chi connectivity index (χ3n) is 2.96. The van der Waals surface area contributed by atoms with Gasteiger partial charge in [0, 0.05) is 22.7 Å². The van der Waals surface area contributed by atoms with Crippen LogP contribution < -0.4 is 0 Å². The summed E-state index contributed by atoms with van der Waals surface area (Å²) in [6.07, 6.45) is -1.24. The second kappa shape index (κ2) is 5.21. The van der Waals surface area contributed by atoms with Crippen molar-refractivity contribution >= 4 is 23.2 Å². The lowest BCUT2D eigenvalue weighted by molar-refractivity contribution is -0.141. The number of hydrogen-bond acceptors (Lipinski definition) is 4. The summed E-state index contributed by atoms with van der Waals surface area (Å²) in [7, 11) is 0. The summed E-state index contributed by atoms with van der Waals surface area (Å²) in [5.41, 5.74) is 1.32. The van der Waals surface area contributed by atoms with Gasteiger partial charge in [-0.15, -0.1) is 0 Å². The molecule has 0 aliphatic heterocycles. The van der Waals surface area contributed by atoms with Crippen molar-refractivity contribution in [3.05, 3.63) is 35.5 Å². The molecule has 4 N–H and O–H groups in total. The van der Waals surface area contributed by atoms with Crippen molar-refractivity contribution in [3.63, 3.8) is 0 Å². The van der Waals surface area contributed by atoms with E-state index in [0.717, 1.165) is 0 Å². The van der Waals surface area contributed by atoms with Crippen molar-refractivity contribution in [3.8, 4) is 0 Å². The van der Waals surface area contributed by atoms with Gasteiger partial charge in [0.1, 0.15) is 6.10 Å². The van der Waals surface area contributed by atoms with E-state index < -0.39 is 24.6 Å². The van der Waals surface area contributed by atoms with Gasteiger partial charge in [-0.05, 0) is 11.6 Å². The summed E-state index contributed by atoms with van der Waals surface area (Å²) in [6.45, 7) is 0. The molecular weight excluding hydrogens is 250 g/mol. The fourth-order valence-corrected chi connectivity index (χ4v) is 2.08. The van der Waals surface area contributed by atoms with E-state index in [2.05, 4.69) is 4.98 Å². The van der Waals surface area contributed by atoms with E-state index >= 15 is 0 Å². The number of fused-ring (bicyclic) bond motifs is 1. The number of aromatic nitrogens is 1. The zero-order valence-electron chi connectivity index (χ0n) is 9.91. The highest BCUT2D eigenvalue weighted by Gasteiger charge is 2.24. The molecule has 0 radical (unpaired) electrons. The molecule has 1 heterocycles. The normalized spacial score (nSPS) is 14.2. The molecule has 0 spiro atoms. The third kappa shape index (κ3) is 2.49. The van der Waals surface area contributed by atoms with E-state index in [1.165, 1.54) is 6.20 Å². The number of aliphatic carboxylic acids is 1. The molecule has 0 saturated carbocycles. The highest BCUT2D eigenvalue weighted by Crippen LogP contribution is 2.29. The number of nitrogens with one attached hydrogen (secondary N) is 1. The van der Waals surface area contributed by atoms with E-state index in [0.29, 0.717) is 28.3 Å². The van der Waals surface area contributed by atoms with E-state index in [1.807, 2.05) is 0 Å². The number of carboxylic acids is 1. The first kappa shape index (κ1) is 13.3. The molecule has 6 nitrogen and oxygen atoms in total. The zero-order valence-corrected chi connectivity index (χ0v) is 9.91. The lowest BCUT2D eigenvalue weighted by atomic mass is 9.97. The monoisotopic (exact) mass is 263 g/mol. The molecule has 6 heteroatoms. The maximum atomic E-state index is 10.9. The van der Waals surface area contributed by atoms with Crippen LogP contribution in [0.5, 0.6) is 0 Å². The quantitative estimate of drug-likeness (QED) is 0.598. The second-order valence-electron chi connectivity index (χ2n) is 4.24. The molecule has 19 heavy (non-hydrogen) atoms. The van der Waals surface area contributed by atoms with Gasteiger partial charge in [-0.1, -0.05) is 12.1 Å². The van der Waals surface area contributed by atoms with E-state index in [4.69, 9.17) is 5.11 Å². The number of aliphatic hydroxyl groups is 2. The van der Waals surface area contributed by atoms with Gasteiger partial charge in [-0.2, -0.15) is 0 Å². The lowest BCUT2D eigenvalue weighted by Gasteiger charge is -2.17. The highest BCUT2D eigenvalue weighted by molar-refractivity contribution is 5.99. The Bertz CT molecular complexity index is 619. The molecule has 0 bridgehead atoms. The van der Waals surface area contributed by atoms with Crippen LogP contribution in [-0.2, 0) is 4.79 Å². The van der Waals surface area contributed by atoms with Crippen molar-refractivity contribution in [2.75, 3.05) is 0 Å². The van der Waals surface area contributed by atoms with Crippen molar-refractivity contribution in [2.24, 2.45) is 0 Å². The van der Waals surface area contributed by atoms with Gasteiger partial charge in [0.15, 0.2) is 6.29 Å². The van der Waals surface area contributed by atoms with Crippen LogP contribution in [0.15, 0.2) is 24.4 Å². The molecule has 0 aliphatic rings. The maximum absolute atomic E-state index is 10.9. The number of aldehydes is 1. The van der Waals surface area contributed by atoms with Gasteiger partial charge in [-0.3, -0.25) is 9.59 Å². The fourth-order valence-electron chi connectivity index (χ4n) is 2.08. The molecule has 0 fully saturated rings. The molecule has 2 rings (SSSR count). The average molecular weight is 263 g/mol. The predicted molar refractivity (Wildman–Crippen MR) is 66.9 cm³/mol. The van der Waals surface area contributed by atoms with Crippen LogP contribution in [-0.4, -0.2) is 38.7 Å². The minimum absolute atomic E-state index is 0.328. The Morgan fingerprint density at radius 2 is 2.11 bits per heavy atom. The number of carboxylic acid groups (broad SMARTS) is 1. The number of carbonyl (C=O) groups excluding carboxylic acids is 1. The molecule has 1 aromatic carbocycles. The van der Waals surface area contributed by atoms with Crippen LogP contribution in [0, 0.1) is 0 Å². The lowest BCUT2D eigenvalue weighted by Crippen LogP contribution is -2.22. The van der Waals surface area contributed by atoms with Crippen LogP contribution in [0.2, 0.25) is 0 Å². The highest BCUT2D eigenvalue weighted by atomic mass is 16.4. The van der Waals surface area contributed by atoms with Gasteiger partial charge in [-0.25, -0.2) is 0 Å². The standard InChI is InChI=1S/C13H13NO5/c15-6-7-5-14-9-3-1-2-8(12(7)9)13(19)10(16)4-11(17)18/h1-3,5-6,10,13-14,16,19H,4H2,(H,17,18).